The Morgan fingerprint density at radius 2 is 1.36 bits per heavy atom. The molecule has 0 unspecified atom stereocenters. The molecule has 2 rings (SSSR count). The van der Waals surface area contributed by atoms with Crippen LogP contribution in [0.15, 0.2) is 54.6 Å². The third-order valence-electron chi connectivity index (χ3n) is 3.83. The Morgan fingerprint density at radius 1 is 0.880 bits per heavy atom. The van der Waals surface area contributed by atoms with Gasteiger partial charge in [-0.15, -0.1) is 0 Å². The summed E-state index contributed by atoms with van der Waals surface area (Å²) >= 11 is 0. The smallest absolute Gasteiger partial charge is 0.243 e. The van der Waals surface area contributed by atoms with Gasteiger partial charge in [-0.3, -0.25) is 14.9 Å². The maximum atomic E-state index is 12.1. The van der Waals surface area contributed by atoms with E-state index in [9.17, 15) is 9.59 Å². The highest BCUT2D eigenvalue weighted by Crippen LogP contribution is 2.12. The van der Waals surface area contributed by atoms with Crippen molar-refractivity contribution in [1.29, 1.82) is 0 Å². The van der Waals surface area contributed by atoms with Gasteiger partial charge in [0.2, 0.25) is 11.8 Å². The largest absolute Gasteiger partial charge is 0.497 e. The summed E-state index contributed by atoms with van der Waals surface area (Å²) in [7, 11) is 1.58. The van der Waals surface area contributed by atoms with Gasteiger partial charge in [-0.25, -0.2) is 0 Å². The lowest BCUT2D eigenvalue weighted by Gasteiger charge is -2.15. The van der Waals surface area contributed by atoms with E-state index in [2.05, 4.69) is 5.32 Å². The highest BCUT2D eigenvalue weighted by Gasteiger charge is 2.21. The van der Waals surface area contributed by atoms with E-state index in [0.717, 1.165) is 16.9 Å². The van der Waals surface area contributed by atoms with Crippen molar-refractivity contribution in [2.24, 2.45) is 11.5 Å². The number of hydrogen-bond acceptors (Lipinski definition) is 5. The summed E-state index contributed by atoms with van der Waals surface area (Å²) in [5, 5.41) is 2.29. The van der Waals surface area contributed by atoms with Crippen LogP contribution in [0.4, 0.5) is 0 Å². The summed E-state index contributed by atoms with van der Waals surface area (Å²) in [5.41, 5.74) is 13.6. The molecule has 0 radical (unpaired) electrons. The van der Waals surface area contributed by atoms with Crippen molar-refractivity contribution >= 4 is 11.8 Å². The number of methoxy groups -OCH3 is 1. The Balaban J connectivity index is 1.85. The minimum absolute atomic E-state index is 0.316. The number of rotatable bonds is 7. The van der Waals surface area contributed by atoms with Gasteiger partial charge in [-0.1, -0.05) is 42.5 Å². The molecule has 0 aromatic heterocycles. The van der Waals surface area contributed by atoms with Crippen LogP contribution < -0.4 is 21.5 Å². The number of carbonyl (C=O) groups is 2. The molecule has 0 aliphatic heterocycles. The van der Waals surface area contributed by atoms with Crippen molar-refractivity contribution < 1.29 is 14.3 Å². The molecule has 132 valence electrons. The number of nitrogens with two attached hydrogens (primary N) is 2. The quantitative estimate of drug-likeness (QED) is 0.690. The second kappa shape index (κ2) is 8.96. The molecule has 6 heteroatoms. The maximum Gasteiger partial charge on any atom is 0.243 e. The predicted molar refractivity (Wildman–Crippen MR) is 95.9 cm³/mol. The Morgan fingerprint density at radius 3 is 1.84 bits per heavy atom. The maximum absolute atomic E-state index is 12.1. The molecule has 0 bridgehead atoms. The second-order valence-electron chi connectivity index (χ2n) is 5.81. The Labute approximate surface area is 147 Å². The Bertz CT molecular complexity index is 702. The van der Waals surface area contributed by atoms with Crippen molar-refractivity contribution in [3.63, 3.8) is 0 Å². The van der Waals surface area contributed by atoms with Crippen molar-refractivity contribution in [2.45, 2.75) is 24.9 Å². The molecule has 5 N–H and O–H groups in total. The highest BCUT2D eigenvalue weighted by atomic mass is 16.5. The fourth-order valence-electron chi connectivity index (χ4n) is 2.38. The molecule has 0 saturated heterocycles. The third-order valence-corrected chi connectivity index (χ3v) is 3.83. The van der Waals surface area contributed by atoms with E-state index >= 15 is 0 Å². The first-order valence-electron chi connectivity index (χ1n) is 8.02. The highest BCUT2D eigenvalue weighted by molar-refractivity contribution is 6.00. The number of hydrogen-bond donors (Lipinski definition) is 3. The molecule has 0 aliphatic rings. The monoisotopic (exact) mass is 341 g/mol. The molecule has 0 spiro atoms. The van der Waals surface area contributed by atoms with Gasteiger partial charge in [0.1, 0.15) is 5.75 Å². The van der Waals surface area contributed by atoms with E-state index in [4.69, 9.17) is 16.2 Å². The third kappa shape index (κ3) is 5.70. The molecular formula is C19H23N3O3. The fraction of sp³-hybridized carbons (Fsp3) is 0.263. The van der Waals surface area contributed by atoms with Crippen LogP contribution in [0.3, 0.4) is 0 Å². The Hall–Kier alpha value is -2.70. The van der Waals surface area contributed by atoms with E-state index in [1.807, 2.05) is 42.5 Å². The molecule has 2 aromatic carbocycles. The Kier molecular flexibility index (Phi) is 6.68. The van der Waals surface area contributed by atoms with E-state index in [0.29, 0.717) is 12.8 Å². The molecule has 0 saturated carbocycles. The van der Waals surface area contributed by atoms with E-state index in [1.165, 1.54) is 0 Å². The first-order chi connectivity index (χ1) is 12.0. The molecule has 6 nitrogen and oxygen atoms in total. The number of amides is 2. The summed E-state index contributed by atoms with van der Waals surface area (Å²) in [6, 6.07) is 15.0. The zero-order valence-electron chi connectivity index (χ0n) is 14.1. The fourth-order valence-corrected chi connectivity index (χ4v) is 2.38. The average Bonchev–Trinajstić information content (AvgIpc) is 2.63. The van der Waals surface area contributed by atoms with Gasteiger partial charge >= 0.3 is 0 Å². The first kappa shape index (κ1) is 18.6. The number of carbonyl (C=O) groups excluding carboxylic acids is 2. The van der Waals surface area contributed by atoms with Gasteiger partial charge in [0.25, 0.3) is 0 Å². The molecule has 2 aromatic rings. The topological polar surface area (TPSA) is 107 Å². The van der Waals surface area contributed by atoms with Crippen molar-refractivity contribution in [3.05, 3.63) is 65.7 Å². The number of nitrogens with one attached hydrogen (secondary N) is 1. The van der Waals surface area contributed by atoms with Gasteiger partial charge in [0.05, 0.1) is 19.2 Å². The van der Waals surface area contributed by atoms with Crippen molar-refractivity contribution in [1.82, 2.24) is 5.32 Å². The molecule has 25 heavy (non-hydrogen) atoms. The summed E-state index contributed by atoms with van der Waals surface area (Å²) in [5.74, 6) is -0.341. The van der Waals surface area contributed by atoms with E-state index in [-0.39, 0.29) is 0 Å². The lowest BCUT2D eigenvalue weighted by atomic mass is 10.0. The number of imide groups is 1. The van der Waals surface area contributed by atoms with Crippen molar-refractivity contribution in [3.8, 4) is 5.75 Å². The van der Waals surface area contributed by atoms with E-state index < -0.39 is 23.9 Å². The standard InChI is InChI=1S/C19H23N3O3/c1-25-15-9-7-14(8-10-15)12-17(21)19(24)22-18(23)16(20)11-13-5-3-2-4-6-13/h2-10,16-17H,11-12,20-21H2,1H3,(H,22,23,24)/t16-,17-/m0/s1. The minimum Gasteiger partial charge on any atom is -0.497 e. The van der Waals surface area contributed by atoms with Gasteiger partial charge in [-0.2, -0.15) is 0 Å². The van der Waals surface area contributed by atoms with Crippen LogP contribution in [0, 0.1) is 0 Å². The van der Waals surface area contributed by atoms with Crippen LogP contribution in [0.2, 0.25) is 0 Å². The average molecular weight is 341 g/mol. The van der Waals surface area contributed by atoms with Crippen LogP contribution >= 0.6 is 0 Å². The molecule has 2 amide bonds. The predicted octanol–water partition coefficient (Wildman–Crippen LogP) is 0.778. The second-order valence-corrected chi connectivity index (χ2v) is 5.81. The van der Waals surface area contributed by atoms with Crippen LogP contribution in [0.25, 0.3) is 0 Å². The van der Waals surface area contributed by atoms with Crippen LogP contribution in [0.5, 0.6) is 5.75 Å². The summed E-state index contributed by atoms with van der Waals surface area (Å²) < 4.78 is 5.08. The normalized spacial score (nSPS) is 12.9. The summed E-state index contributed by atoms with van der Waals surface area (Å²) in [4.78, 5) is 24.2. The summed E-state index contributed by atoms with van der Waals surface area (Å²) in [6.07, 6.45) is 0.671. The minimum atomic E-state index is -0.832. The summed E-state index contributed by atoms with van der Waals surface area (Å²) in [6.45, 7) is 0. The van der Waals surface area contributed by atoms with Gasteiger partial charge in [0, 0.05) is 0 Å². The molecular weight excluding hydrogens is 318 g/mol. The number of benzene rings is 2. The number of ether oxygens (including phenoxy) is 1. The van der Waals surface area contributed by atoms with Gasteiger partial charge in [-0.05, 0) is 36.1 Å². The van der Waals surface area contributed by atoms with Crippen LogP contribution in [0.1, 0.15) is 11.1 Å². The molecule has 0 fully saturated rings. The van der Waals surface area contributed by atoms with Crippen LogP contribution in [-0.4, -0.2) is 31.0 Å². The lowest BCUT2D eigenvalue weighted by molar-refractivity contribution is -0.131. The molecule has 2 atom stereocenters. The lowest BCUT2D eigenvalue weighted by Crippen LogP contribution is -2.50. The molecule has 0 heterocycles. The van der Waals surface area contributed by atoms with Crippen molar-refractivity contribution in [2.75, 3.05) is 7.11 Å². The van der Waals surface area contributed by atoms with Gasteiger partial charge < -0.3 is 16.2 Å². The van der Waals surface area contributed by atoms with E-state index in [1.54, 1.807) is 19.2 Å². The SMILES string of the molecule is COc1ccc(C[C@H](N)C(=O)NC(=O)[C@@H](N)Cc2ccccc2)cc1. The zero-order valence-corrected chi connectivity index (χ0v) is 14.1. The molecule has 0 aliphatic carbocycles. The van der Waals surface area contributed by atoms with Gasteiger partial charge in [0.15, 0.2) is 0 Å². The first-order valence-corrected chi connectivity index (χ1v) is 8.02. The zero-order chi connectivity index (χ0) is 18.2. The van der Waals surface area contributed by atoms with Crippen LogP contribution in [-0.2, 0) is 22.4 Å².